The Morgan fingerprint density at radius 1 is 0.909 bits per heavy atom. The maximum atomic E-state index is 4.52. The summed E-state index contributed by atoms with van der Waals surface area (Å²) in [6.45, 7) is 13.0. The van der Waals surface area contributed by atoms with Crippen LogP contribution in [0.15, 0.2) is 24.7 Å². The second kappa shape index (κ2) is 6.11. The molecule has 2 rings (SSSR count). The number of hydrogen-bond donors (Lipinski definition) is 0. The van der Waals surface area contributed by atoms with Gasteiger partial charge in [-0.25, -0.2) is 9.97 Å². The molecule has 0 bridgehead atoms. The molecule has 4 nitrogen and oxygen atoms in total. The largest absolute Gasteiger partial charge is 0.241 e. The molecular weight excluding hydrogens is 272 g/mol. The van der Waals surface area contributed by atoms with Gasteiger partial charge in [-0.05, 0) is 41.4 Å². The molecule has 0 aliphatic rings. The van der Waals surface area contributed by atoms with Gasteiger partial charge in [-0.2, -0.15) is 10.2 Å². The van der Waals surface area contributed by atoms with Crippen LogP contribution in [0.3, 0.4) is 0 Å². The maximum absolute atomic E-state index is 4.52. The van der Waals surface area contributed by atoms with Gasteiger partial charge in [0.2, 0.25) is 0 Å². The number of hydrogen-bond acceptors (Lipinski definition) is 4. The molecule has 0 radical (unpaired) electrons. The molecule has 0 aromatic carbocycles. The quantitative estimate of drug-likeness (QED) is 0.862. The predicted octanol–water partition coefficient (Wildman–Crippen LogP) is 3.78. The van der Waals surface area contributed by atoms with E-state index in [1.807, 2.05) is 25.5 Å². The minimum atomic E-state index is 0.0345. The number of aryl methyl sites for hydroxylation is 2. The number of aromatic nitrogens is 4. The van der Waals surface area contributed by atoms with Crippen molar-refractivity contribution >= 4 is 0 Å². The topological polar surface area (TPSA) is 51.6 Å². The zero-order valence-electron chi connectivity index (χ0n) is 14.5. The highest BCUT2D eigenvalue weighted by Gasteiger charge is 2.22. The summed E-state index contributed by atoms with van der Waals surface area (Å²) in [5.41, 5.74) is 3.47. The molecule has 4 heteroatoms. The summed E-state index contributed by atoms with van der Waals surface area (Å²) in [6.07, 6.45) is 7.60. The molecule has 0 saturated carbocycles. The van der Waals surface area contributed by atoms with Gasteiger partial charge in [-0.1, -0.05) is 34.6 Å². The van der Waals surface area contributed by atoms with Crippen molar-refractivity contribution < 1.29 is 0 Å². The lowest BCUT2D eigenvalue weighted by Gasteiger charge is -2.24. The fraction of sp³-hybridized carbons (Fsp3) is 0.556. The van der Waals surface area contributed by atoms with E-state index in [9.17, 15) is 0 Å². The Kier molecular flexibility index (Phi) is 4.59. The molecule has 0 amide bonds. The Morgan fingerprint density at radius 2 is 1.55 bits per heavy atom. The van der Waals surface area contributed by atoms with E-state index in [1.54, 1.807) is 0 Å². The second-order valence-electron chi connectivity index (χ2n) is 7.61. The lowest BCUT2D eigenvalue weighted by molar-refractivity contribution is 0.469. The first-order valence-electron chi connectivity index (χ1n) is 7.80. The lowest BCUT2D eigenvalue weighted by Crippen LogP contribution is -2.20. The fourth-order valence-corrected chi connectivity index (χ4v) is 2.28. The first-order chi connectivity index (χ1) is 10.2. The van der Waals surface area contributed by atoms with Crippen LogP contribution in [0.4, 0.5) is 0 Å². The Morgan fingerprint density at radius 3 is 2.09 bits per heavy atom. The molecule has 0 spiro atoms. The molecule has 0 N–H and O–H groups in total. The molecule has 0 fully saturated rings. The first-order valence-corrected chi connectivity index (χ1v) is 7.80. The highest BCUT2D eigenvalue weighted by Crippen LogP contribution is 2.28. The summed E-state index contributed by atoms with van der Waals surface area (Å²) >= 11 is 0. The predicted molar refractivity (Wildman–Crippen MR) is 88.8 cm³/mol. The molecular formula is C18H26N4. The van der Waals surface area contributed by atoms with Crippen molar-refractivity contribution in [3.8, 4) is 0 Å². The highest BCUT2D eigenvalue weighted by molar-refractivity contribution is 5.21. The molecule has 2 aromatic heterocycles. The molecule has 0 unspecified atom stereocenters. The molecule has 2 aromatic rings. The van der Waals surface area contributed by atoms with Crippen LogP contribution >= 0.6 is 0 Å². The monoisotopic (exact) mass is 298 g/mol. The van der Waals surface area contributed by atoms with E-state index in [0.717, 1.165) is 24.4 Å². The normalized spacial score (nSPS) is 12.5. The minimum absolute atomic E-state index is 0.0345. The van der Waals surface area contributed by atoms with E-state index >= 15 is 0 Å². The second-order valence-corrected chi connectivity index (χ2v) is 7.61. The highest BCUT2D eigenvalue weighted by atomic mass is 15.1. The standard InChI is InChI=1S/C18H26N4/c1-13-9-14(12-21-22-13)18(5,6)8-7-16-19-10-15(11-20-16)17(2,3)4/h9-12H,7-8H2,1-6H3. The molecule has 0 saturated heterocycles. The van der Waals surface area contributed by atoms with Crippen LogP contribution in [0.2, 0.25) is 0 Å². The molecule has 118 valence electrons. The smallest absolute Gasteiger partial charge is 0.128 e. The van der Waals surface area contributed by atoms with E-state index in [4.69, 9.17) is 0 Å². The van der Waals surface area contributed by atoms with Crippen molar-refractivity contribution in [1.82, 2.24) is 20.2 Å². The van der Waals surface area contributed by atoms with Gasteiger partial charge >= 0.3 is 0 Å². The van der Waals surface area contributed by atoms with Gasteiger partial charge in [0.1, 0.15) is 5.82 Å². The summed E-state index contributed by atoms with van der Waals surface area (Å²) in [6, 6.07) is 2.11. The number of rotatable bonds is 4. The molecule has 0 atom stereocenters. The van der Waals surface area contributed by atoms with Crippen molar-refractivity contribution in [1.29, 1.82) is 0 Å². The van der Waals surface area contributed by atoms with E-state index in [-0.39, 0.29) is 10.8 Å². The van der Waals surface area contributed by atoms with E-state index < -0.39 is 0 Å². The summed E-state index contributed by atoms with van der Waals surface area (Å²) in [5, 5.41) is 8.09. The van der Waals surface area contributed by atoms with Crippen molar-refractivity contribution in [3.63, 3.8) is 0 Å². The Labute approximate surface area is 133 Å². The summed E-state index contributed by atoms with van der Waals surface area (Å²) < 4.78 is 0. The fourth-order valence-electron chi connectivity index (χ4n) is 2.28. The van der Waals surface area contributed by atoms with Crippen LogP contribution in [0.1, 0.15) is 63.7 Å². The maximum Gasteiger partial charge on any atom is 0.128 e. The van der Waals surface area contributed by atoms with Gasteiger partial charge in [0, 0.05) is 18.8 Å². The average Bonchev–Trinajstić information content (AvgIpc) is 2.45. The molecule has 0 aliphatic heterocycles. The molecule has 0 aliphatic carbocycles. The lowest BCUT2D eigenvalue weighted by atomic mass is 9.81. The Hall–Kier alpha value is -1.84. The zero-order valence-corrected chi connectivity index (χ0v) is 14.5. The van der Waals surface area contributed by atoms with E-state index in [0.29, 0.717) is 0 Å². The van der Waals surface area contributed by atoms with Crippen molar-refractivity contribution in [2.24, 2.45) is 0 Å². The van der Waals surface area contributed by atoms with Crippen LogP contribution in [0.5, 0.6) is 0 Å². The van der Waals surface area contributed by atoms with Gasteiger partial charge in [0.05, 0.1) is 11.9 Å². The van der Waals surface area contributed by atoms with Gasteiger partial charge in [0.15, 0.2) is 0 Å². The molecule has 2 heterocycles. The minimum Gasteiger partial charge on any atom is -0.241 e. The zero-order chi connectivity index (χ0) is 16.4. The summed E-state index contributed by atoms with van der Waals surface area (Å²) in [7, 11) is 0. The Balaban J connectivity index is 2.06. The van der Waals surface area contributed by atoms with Crippen LogP contribution in [-0.4, -0.2) is 20.2 Å². The number of nitrogens with zero attached hydrogens (tertiary/aromatic N) is 4. The van der Waals surface area contributed by atoms with Crippen molar-refractivity contribution in [3.05, 3.63) is 47.3 Å². The SMILES string of the molecule is Cc1cc(C(C)(C)CCc2ncc(C(C)(C)C)cn2)cnn1. The van der Waals surface area contributed by atoms with Crippen molar-refractivity contribution in [2.75, 3.05) is 0 Å². The van der Waals surface area contributed by atoms with Gasteiger partial charge < -0.3 is 0 Å². The van der Waals surface area contributed by atoms with Gasteiger partial charge in [0.25, 0.3) is 0 Å². The Bertz CT molecular complexity index is 624. The average molecular weight is 298 g/mol. The third-order valence-electron chi connectivity index (χ3n) is 4.10. The van der Waals surface area contributed by atoms with Crippen LogP contribution in [-0.2, 0) is 17.3 Å². The third-order valence-corrected chi connectivity index (χ3v) is 4.10. The first kappa shape index (κ1) is 16.5. The van der Waals surface area contributed by atoms with Gasteiger partial charge in [-0.3, -0.25) is 0 Å². The summed E-state index contributed by atoms with van der Waals surface area (Å²) in [5.74, 6) is 0.903. The third kappa shape index (κ3) is 4.09. The molecule has 22 heavy (non-hydrogen) atoms. The summed E-state index contributed by atoms with van der Waals surface area (Å²) in [4.78, 5) is 9.04. The van der Waals surface area contributed by atoms with Crippen molar-refractivity contribution in [2.45, 2.75) is 65.2 Å². The van der Waals surface area contributed by atoms with Crippen LogP contribution in [0.25, 0.3) is 0 Å². The van der Waals surface area contributed by atoms with E-state index in [1.165, 1.54) is 11.1 Å². The van der Waals surface area contributed by atoms with E-state index in [2.05, 4.69) is 60.9 Å². The van der Waals surface area contributed by atoms with Crippen LogP contribution in [0, 0.1) is 6.92 Å². The van der Waals surface area contributed by atoms with Gasteiger partial charge in [-0.15, -0.1) is 0 Å². The van der Waals surface area contributed by atoms with Crippen LogP contribution < -0.4 is 0 Å².